The summed E-state index contributed by atoms with van der Waals surface area (Å²) in [4.78, 5) is 14.4. The van der Waals surface area contributed by atoms with Crippen LogP contribution >= 0.6 is 0 Å². The van der Waals surface area contributed by atoms with Crippen molar-refractivity contribution in [2.45, 2.75) is 33.3 Å². The molecular weight excluding hydrogens is 238 g/mol. The van der Waals surface area contributed by atoms with Crippen LogP contribution < -0.4 is 0 Å². The van der Waals surface area contributed by atoms with Crippen molar-refractivity contribution in [1.29, 1.82) is 0 Å². The van der Waals surface area contributed by atoms with Crippen molar-refractivity contribution in [3.05, 3.63) is 34.9 Å². The highest BCUT2D eigenvalue weighted by Crippen LogP contribution is 2.18. The molecule has 0 saturated carbocycles. The molecule has 1 fully saturated rings. The number of β-amino-alcohol motifs (C(OH)–C–C–N with tert-alkyl or cyclic N) is 1. The minimum Gasteiger partial charge on any atom is -0.392 e. The molecule has 104 valence electrons. The summed E-state index contributed by atoms with van der Waals surface area (Å²) in [5.41, 5.74) is 3.02. The van der Waals surface area contributed by atoms with Crippen molar-refractivity contribution in [3.63, 3.8) is 0 Å². The number of aryl methyl sites for hydroxylation is 2. The highest BCUT2D eigenvalue weighted by molar-refractivity contribution is 5.99. The van der Waals surface area contributed by atoms with E-state index < -0.39 is 0 Å². The van der Waals surface area contributed by atoms with Gasteiger partial charge in [-0.1, -0.05) is 30.7 Å². The molecule has 1 N–H and O–H groups in total. The van der Waals surface area contributed by atoms with Crippen LogP contribution in [0.3, 0.4) is 0 Å². The van der Waals surface area contributed by atoms with Crippen LogP contribution in [0.5, 0.6) is 0 Å². The summed E-state index contributed by atoms with van der Waals surface area (Å²) in [6.45, 7) is 7.99. The van der Waals surface area contributed by atoms with E-state index in [4.69, 9.17) is 0 Å². The Kier molecular flexibility index (Phi) is 4.38. The fourth-order valence-corrected chi connectivity index (χ4v) is 2.67. The number of hydrogen-bond donors (Lipinski definition) is 1. The number of carbonyl (C=O) groups excluding carboxylic acids is 1. The molecule has 1 saturated heterocycles. The first-order valence-electron chi connectivity index (χ1n) is 6.98. The number of ketones is 1. The third-order valence-corrected chi connectivity index (χ3v) is 4.05. The number of aliphatic hydroxyl groups excluding tert-OH is 1. The van der Waals surface area contributed by atoms with Gasteiger partial charge in [-0.2, -0.15) is 0 Å². The number of carbonyl (C=O) groups is 1. The molecule has 0 spiro atoms. The molecule has 0 aromatic heterocycles. The first kappa shape index (κ1) is 14.2. The Labute approximate surface area is 115 Å². The number of piperidine rings is 1. The fourth-order valence-electron chi connectivity index (χ4n) is 2.67. The van der Waals surface area contributed by atoms with Gasteiger partial charge < -0.3 is 5.11 Å². The third-order valence-electron chi connectivity index (χ3n) is 4.05. The van der Waals surface area contributed by atoms with Crippen molar-refractivity contribution >= 4 is 5.78 Å². The zero-order valence-electron chi connectivity index (χ0n) is 12.0. The lowest BCUT2D eigenvalue weighted by molar-refractivity contribution is 0.0295. The summed E-state index contributed by atoms with van der Waals surface area (Å²) in [5, 5.41) is 9.87. The molecule has 2 rings (SSSR count). The van der Waals surface area contributed by atoms with E-state index in [1.54, 1.807) is 0 Å². The zero-order valence-corrected chi connectivity index (χ0v) is 12.0. The second-order valence-electron chi connectivity index (χ2n) is 5.81. The Morgan fingerprint density at radius 3 is 2.79 bits per heavy atom. The van der Waals surface area contributed by atoms with E-state index in [-0.39, 0.29) is 11.9 Å². The van der Waals surface area contributed by atoms with E-state index in [0.717, 1.165) is 24.1 Å². The second kappa shape index (κ2) is 5.85. The van der Waals surface area contributed by atoms with Crippen LogP contribution in [-0.2, 0) is 0 Å². The van der Waals surface area contributed by atoms with Crippen molar-refractivity contribution in [2.24, 2.45) is 5.92 Å². The highest BCUT2D eigenvalue weighted by Gasteiger charge is 2.25. The first-order chi connectivity index (χ1) is 8.97. The Morgan fingerprint density at radius 1 is 1.42 bits per heavy atom. The molecule has 1 aromatic carbocycles. The van der Waals surface area contributed by atoms with E-state index >= 15 is 0 Å². The van der Waals surface area contributed by atoms with Crippen LogP contribution in [-0.4, -0.2) is 41.5 Å². The summed E-state index contributed by atoms with van der Waals surface area (Å²) in [6, 6.07) is 5.93. The van der Waals surface area contributed by atoms with Crippen molar-refractivity contribution < 1.29 is 9.90 Å². The predicted molar refractivity (Wildman–Crippen MR) is 76.5 cm³/mol. The third kappa shape index (κ3) is 3.43. The van der Waals surface area contributed by atoms with Crippen LogP contribution in [0.15, 0.2) is 18.2 Å². The molecule has 0 bridgehead atoms. The first-order valence-corrected chi connectivity index (χ1v) is 6.98. The van der Waals surface area contributed by atoms with Gasteiger partial charge in [0, 0.05) is 12.1 Å². The predicted octanol–water partition coefficient (Wildman–Crippen LogP) is 2.19. The molecule has 1 aliphatic heterocycles. The maximum atomic E-state index is 12.3. The van der Waals surface area contributed by atoms with E-state index in [1.807, 2.05) is 32.0 Å². The Hall–Kier alpha value is -1.19. The lowest BCUT2D eigenvalue weighted by Gasteiger charge is -2.33. The summed E-state index contributed by atoms with van der Waals surface area (Å²) >= 11 is 0. The molecule has 3 heteroatoms. The standard InChI is InChI=1S/C16H23NO2/c1-11-4-5-14(13(3)8-11)16(19)10-17-7-6-12(2)15(18)9-17/h4-5,8,12,15,18H,6-7,9-10H2,1-3H3. The van der Waals surface area contributed by atoms with Crippen molar-refractivity contribution in [2.75, 3.05) is 19.6 Å². The van der Waals surface area contributed by atoms with E-state index in [0.29, 0.717) is 19.0 Å². The summed E-state index contributed by atoms with van der Waals surface area (Å²) in [5.74, 6) is 0.492. The number of benzene rings is 1. The SMILES string of the molecule is Cc1ccc(C(=O)CN2CCC(C)C(O)C2)c(C)c1. The van der Waals surface area contributed by atoms with Crippen LogP contribution in [0.1, 0.15) is 34.8 Å². The summed E-state index contributed by atoms with van der Waals surface area (Å²) < 4.78 is 0. The minimum absolute atomic E-state index is 0.152. The molecule has 1 aliphatic rings. The molecule has 0 radical (unpaired) electrons. The van der Waals surface area contributed by atoms with Crippen molar-refractivity contribution in [3.8, 4) is 0 Å². The number of nitrogens with zero attached hydrogens (tertiary/aromatic N) is 1. The van der Waals surface area contributed by atoms with Crippen LogP contribution in [0, 0.1) is 19.8 Å². The number of Topliss-reactive ketones (excluding diaryl/α,β-unsaturated/α-hetero) is 1. The fraction of sp³-hybridized carbons (Fsp3) is 0.562. The number of hydrogen-bond acceptors (Lipinski definition) is 3. The normalized spacial score (nSPS) is 24.4. The zero-order chi connectivity index (χ0) is 14.0. The van der Waals surface area contributed by atoms with Gasteiger partial charge in [0.1, 0.15) is 0 Å². The lowest BCUT2D eigenvalue weighted by atomic mass is 9.95. The average molecular weight is 261 g/mol. The van der Waals surface area contributed by atoms with E-state index in [2.05, 4.69) is 11.8 Å². The van der Waals surface area contributed by atoms with Gasteiger partial charge in [0.2, 0.25) is 0 Å². The smallest absolute Gasteiger partial charge is 0.177 e. The van der Waals surface area contributed by atoms with Crippen LogP contribution in [0.4, 0.5) is 0 Å². The van der Waals surface area contributed by atoms with Gasteiger partial charge in [0.15, 0.2) is 5.78 Å². The Bertz CT molecular complexity index is 470. The van der Waals surface area contributed by atoms with Gasteiger partial charge >= 0.3 is 0 Å². The molecule has 19 heavy (non-hydrogen) atoms. The maximum Gasteiger partial charge on any atom is 0.177 e. The highest BCUT2D eigenvalue weighted by atomic mass is 16.3. The minimum atomic E-state index is -0.305. The largest absolute Gasteiger partial charge is 0.392 e. The van der Waals surface area contributed by atoms with Gasteiger partial charge in [-0.3, -0.25) is 9.69 Å². The molecule has 1 heterocycles. The molecule has 0 aliphatic carbocycles. The topological polar surface area (TPSA) is 40.5 Å². The van der Waals surface area contributed by atoms with E-state index in [9.17, 15) is 9.90 Å². The van der Waals surface area contributed by atoms with Gasteiger partial charge in [-0.25, -0.2) is 0 Å². The van der Waals surface area contributed by atoms with Crippen LogP contribution in [0.2, 0.25) is 0 Å². The number of rotatable bonds is 3. The molecule has 1 aromatic rings. The number of likely N-dealkylation sites (tertiary alicyclic amines) is 1. The molecule has 3 nitrogen and oxygen atoms in total. The van der Waals surface area contributed by atoms with Gasteiger partial charge in [-0.15, -0.1) is 0 Å². The molecule has 2 atom stereocenters. The van der Waals surface area contributed by atoms with Gasteiger partial charge in [0.05, 0.1) is 12.6 Å². The molecule has 2 unspecified atom stereocenters. The van der Waals surface area contributed by atoms with Gasteiger partial charge in [0.25, 0.3) is 0 Å². The number of aliphatic hydroxyl groups is 1. The summed E-state index contributed by atoms with van der Waals surface area (Å²) in [7, 11) is 0. The maximum absolute atomic E-state index is 12.3. The monoisotopic (exact) mass is 261 g/mol. The van der Waals surface area contributed by atoms with Crippen LogP contribution in [0.25, 0.3) is 0 Å². The Morgan fingerprint density at radius 2 is 2.16 bits per heavy atom. The second-order valence-corrected chi connectivity index (χ2v) is 5.81. The van der Waals surface area contributed by atoms with E-state index in [1.165, 1.54) is 5.56 Å². The molecule has 0 amide bonds. The quantitative estimate of drug-likeness (QED) is 0.848. The van der Waals surface area contributed by atoms with Gasteiger partial charge in [-0.05, 0) is 38.3 Å². The summed E-state index contributed by atoms with van der Waals surface area (Å²) in [6.07, 6.45) is 0.655. The Balaban J connectivity index is 2.01. The average Bonchev–Trinajstić information content (AvgIpc) is 2.33. The molecular formula is C16H23NO2. The van der Waals surface area contributed by atoms with Crippen molar-refractivity contribution in [1.82, 2.24) is 4.90 Å². The lowest BCUT2D eigenvalue weighted by Crippen LogP contribution is -2.44.